The average molecular weight is 437 g/mol. The number of aliphatic hydroxyl groups is 1. The van der Waals surface area contributed by atoms with E-state index in [0.29, 0.717) is 24.2 Å². The third-order valence-corrected chi connectivity index (χ3v) is 5.91. The summed E-state index contributed by atoms with van der Waals surface area (Å²) in [5, 5.41) is 9.90. The Morgan fingerprint density at radius 2 is 1.91 bits per heavy atom. The lowest BCUT2D eigenvalue weighted by Gasteiger charge is -2.24. The molecule has 2 heterocycles. The molecule has 2 aliphatic rings. The lowest BCUT2D eigenvalue weighted by Crippen LogP contribution is -2.31. The molecular formula is C26H28O6. The fourth-order valence-corrected chi connectivity index (χ4v) is 4.32. The number of benzene rings is 2. The van der Waals surface area contributed by atoms with Crippen molar-refractivity contribution in [2.75, 3.05) is 0 Å². The molecule has 0 spiro atoms. The van der Waals surface area contributed by atoms with Gasteiger partial charge in [0.05, 0.1) is 18.1 Å². The van der Waals surface area contributed by atoms with Crippen LogP contribution in [0, 0.1) is 13.8 Å². The minimum Gasteiger partial charge on any atom is -0.487 e. The average Bonchev–Trinajstić information content (AvgIpc) is 3.06. The first kappa shape index (κ1) is 22.1. The van der Waals surface area contributed by atoms with Crippen LogP contribution in [0.5, 0.6) is 11.5 Å². The number of carbonyl (C=O) groups excluding carboxylic acids is 2. The SMILES string of the molecule is Cc1c(C=C[C@H]2C[C@H](O)CC(=O)O2)c2c(c(C)c1OC(=O)c1ccccc1)CC(C)(C)O2. The van der Waals surface area contributed by atoms with Crippen LogP contribution in [0.25, 0.3) is 6.08 Å². The minimum absolute atomic E-state index is 0.0141. The first-order valence-electron chi connectivity index (χ1n) is 10.8. The van der Waals surface area contributed by atoms with E-state index in [1.54, 1.807) is 30.3 Å². The van der Waals surface area contributed by atoms with Crippen LogP contribution in [0.3, 0.4) is 0 Å². The number of carbonyl (C=O) groups is 2. The molecule has 1 N–H and O–H groups in total. The smallest absolute Gasteiger partial charge is 0.343 e. The van der Waals surface area contributed by atoms with Gasteiger partial charge >= 0.3 is 11.9 Å². The van der Waals surface area contributed by atoms with Crippen molar-refractivity contribution in [2.24, 2.45) is 0 Å². The summed E-state index contributed by atoms with van der Waals surface area (Å²) in [4.78, 5) is 24.5. The van der Waals surface area contributed by atoms with Gasteiger partial charge in [-0.25, -0.2) is 4.79 Å². The van der Waals surface area contributed by atoms with E-state index < -0.39 is 29.7 Å². The Hall–Kier alpha value is -3.12. The normalized spacial score (nSPS) is 21.7. The molecule has 0 saturated carbocycles. The Labute approximate surface area is 187 Å². The van der Waals surface area contributed by atoms with Gasteiger partial charge in [0.1, 0.15) is 23.2 Å². The van der Waals surface area contributed by atoms with Crippen molar-refractivity contribution in [2.45, 2.75) is 64.8 Å². The lowest BCUT2D eigenvalue weighted by atomic mass is 9.92. The molecule has 2 atom stereocenters. The van der Waals surface area contributed by atoms with Crippen LogP contribution in [-0.2, 0) is 16.0 Å². The highest BCUT2D eigenvalue weighted by atomic mass is 16.5. The lowest BCUT2D eigenvalue weighted by molar-refractivity contribution is -0.156. The number of fused-ring (bicyclic) bond motifs is 1. The van der Waals surface area contributed by atoms with Crippen molar-refractivity contribution in [3.63, 3.8) is 0 Å². The summed E-state index contributed by atoms with van der Waals surface area (Å²) in [6, 6.07) is 8.87. The molecule has 0 aliphatic carbocycles. The topological polar surface area (TPSA) is 82.1 Å². The third kappa shape index (κ3) is 4.41. The first-order chi connectivity index (χ1) is 15.1. The third-order valence-electron chi connectivity index (χ3n) is 5.91. The maximum atomic E-state index is 12.8. The summed E-state index contributed by atoms with van der Waals surface area (Å²) in [6.45, 7) is 7.86. The van der Waals surface area contributed by atoms with Gasteiger partial charge in [-0.2, -0.15) is 0 Å². The molecule has 2 aliphatic heterocycles. The highest BCUT2D eigenvalue weighted by Gasteiger charge is 2.36. The Morgan fingerprint density at radius 3 is 2.59 bits per heavy atom. The number of esters is 2. The van der Waals surface area contributed by atoms with Gasteiger partial charge in [-0.15, -0.1) is 0 Å². The summed E-state index contributed by atoms with van der Waals surface area (Å²) in [6.07, 6.45) is 3.40. The van der Waals surface area contributed by atoms with Gasteiger partial charge in [-0.1, -0.05) is 24.3 Å². The van der Waals surface area contributed by atoms with E-state index in [9.17, 15) is 14.7 Å². The second-order valence-corrected chi connectivity index (χ2v) is 9.08. The minimum atomic E-state index is -0.715. The van der Waals surface area contributed by atoms with Crippen LogP contribution in [-0.4, -0.2) is 34.9 Å². The van der Waals surface area contributed by atoms with Crippen LogP contribution in [0.2, 0.25) is 0 Å². The molecule has 0 unspecified atom stereocenters. The number of hydrogen-bond donors (Lipinski definition) is 1. The van der Waals surface area contributed by atoms with Crippen LogP contribution in [0.4, 0.5) is 0 Å². The summed E-state index contributed by atoms with van der Waals surface area (Å²) in [7, 11) is 0. The second-order valence-electron chi connectivity index (χ2n) is 9.08. The number of ether oxygens (including phenoxy) is 3. The van der Waals surface area contributed by atoms with Crippen molar-refractivity contribution in [1.29, 1.82) is 0 Å². The molecule has 1 fully saturated rings. The maximum Gasteiger partial charge on any atom is 0.343 e. The van der Waals surface area contributed by atoms with Crippen molar-refractivity contribution in [3.8, 4) is 11.5 Å². The zero-order valence-corrected chi connectivity index (χ0v) is 18.8. The fraction of sp³-hybridized carbons (Fsp3) is 0.385. The van der Waals surface area contributed by atoms with E-state index >= 15 is 0 Å². The van der Waals surface area contributed by atoms with Crippen LogP contribution in [0.15, 0.2) is 36.4 Å². The van der Waals surface area contributed by atoms with Crippen molar-refractivity contribution in [1.82, 2.24) is 0 Å². The van der Waals surface area contributed by atoms with E-state index in [-0.39, 0.29) is 6.42 Å². The highest BCUT2D eigenvalue weighted by Crippen LogP contribution is 2.46. The molecule has 0 aromatic heterocycles. The molecule has 4 rings (SSSR count). The van der Waals surface area contributed by atoms with Crippen molar-refractivity contribution in [3.05, 3.63) is 64.2 Å². The van der Waals surface area contributed by atoms with Gasteiger partial charge in [0.15, 0.2) is 0 Å². The fourth-order valence-electron chi connectivity index (χ4n) is 4.32. The molecule has 2 aromatic carbocycles. The van der Waals surface area contributed by atoms with E-state index in [1.807, 2.05) is 39.8 Å². The second kappa shape index (κ2) is 8.43. The van der Waals surface area contributed by atoms with E-state index in [2.05, 4.69) is 0 Å². The van der Waals surface area contributed by atoms with Crippen molar-refractivity contribution >= 4 is 18.0 Å². The van der Waals surface area contributed by atoms with Gasteiger partial charge in [-0.3, -0.25) is 4.79 Å². The zero-order valence-electron chi connectivity index (χ0n) is 18.8. The van der Waals surface area contributed by atoms with Crippen molar-refractivity contribution < 1.29 is 28.9 Å². The number of aliphatic hydroxyl groups excluding tert-OH is 1. The van der Waals surface area contributed by atoms with Gasteiger partial charge in [0.2, 0.25) is 0 Å². The number of cyclic esters (lactones) is 1. The van der Waals surface area contributed by atoms with E-state index in [1.165, 1.54) is 0 Å². The molecule has 168 valence electrons. The predicted molar refractivity (Wildman–Crippen MR) is 120 cm³/mol. The molecule has 1 saturated heterocycles. The standard InChI is InChI=1S/C26H28O6/c1-15-20(11-10-19-12-18(27)13-22(28)30-19)24-21(14-26(3,4)32-24)16(2)23(15)31-25(29)17-8-6-5-7-9-17/h5-11,18-19,27H,12-14H2,1-4H3/t18-,19-/m0/s1. The molecule has 2 aromatic rings. The molecular weight excluding hydrogens is 408 g/mol. The van der Waals surface area contributed by atoms with E-state index in [0.717, 1.165) is 28.0 Å². The van der Waals surface area contributed by atoms with E-state index in [4.69, 9.17) is 14.2 Å². The van der Waals surface area contributed by atoms with Crippen LogP contribution >= 0.6 is 0 Å². The summed E-state index contributed by atoms with van der Waals surface area (Å²) in [5.41, 5.74) is 3.51. The summed E-state index contributed by atoms with van der Waals surface area (Å²) < 4.78 is 17.5. The largest absolute Gasteiger partial charge is 0.487 e. The van der Waals surface area contributed by atoms with Gasteiger partial charge < -0.3 is 19.3 Å². The van der Waals surface area contributed by atoms with Gasteiger partial charge in [0.25, 0.3) is 0 Å². The molecule has 6 heteroatoms. The maximum absolute atomic E-state index is 12.8. The molecule has 32 heavy (non-hydrogen) atoms. The Kier molecular flexibility index (Phi) is 5.82. The molecule has 6 nitrogen and oxygen atoms in total. The summed E-state index contributed by atoms with van der Waals surface area (Å²) >= 11 is 0. The number of hydrogen-bond acceptors (Lipinski definition) is 6. The van der Waals surface area contributed by atoms with Crippen LogP contribution < -0.4 is 9.47 Å². The molecule has 0 amide bonds. The molecule has 0 bridgehead atoms. The highest BCUT2D eigenvalue weighted by molar-refractivity contribution is 5.91. The quantitative estimate of drug-likeness (QED) is 0.568. The Balaban J connectivity index is 1.73. The Morgan fingerprint density at radius 1 is 1.19 bits per heavy atom. The van der Waals surface area contributed by atoms with Crippen LogP contribution in [0.1, 0.15) is 59.3 Å². The number of rotatable bonds is 4. The first-order valence-corrected chi connectivity index (χ1v) is 10.8. The monoisotopic (exact) mass is 436 g/mol. The summed E-state index contributed by atoms with van der Waals surface area (Å²) in [5.74, 6) is 0.427. The molecule has 0 radical (unpaired) electrons. The zero-order chi connectivity index (χ0) is 23.0. The van der Waals surface area contributed by atoms with Gasteiger partial charge in [0, 0.05) is 29.5 Å². The Bertz CT molecular complexity index is 1080. The predicted octanol–water partition coefficient (Wildman–Crippen LogP) is 4.32. The van der Waals surface area contributed by atoms with Gasteiger partial charge in [-0.05, 0) is 51.5 Å².